The third-order valence-electron chi connectivity index (χ3n) is 4.18. The van der Waals surface area contributed by atoms with E-state index in [1.54, 1.807) is 12.5 Å². The van der Waals surface area contributed by atoms with E-state index >= 15 is 0 Å². The highest BCUT2D eigenvalue weighted by Crippen LogP contribution is 2.30. The second kappa shape index (κ2) is 6.65. The second-order valence-electron chi connectivity index (χ2n) is 5.94. The van der Waals surface area contributed by atoms with Crippen molar-refractivity contribution in [3.05, 3.63) is 90.8 Å². The number of para-hydroxylation sites is 1. The van der Waals surface area contributed by atoms with Crippen molar-refractivity contribution in [3.8, 4) is 22.6 Å². The first-order valence-electron chi connectivity index (χ1n) is 8.23. The van der Waals surface area contributed by atoms with Gasteiger partial charge in [-0.05, 0) is 60.0 Å². The minimum atomic E-state index is 0.642. The molecule has 3 nitrogen and oxygen atoms in total. The first-order valence-corrected chi connectivity index (χ1v) is 8.23. The predicted octanol–water partition coefficient (Wildman–Crippen LogP) is 6.06. The average Bonchev–Trinajstić information content (AvgIpc) is 3.19. The quantitative estimate of drug-likeness (QED) is 0.495. The van der Waals surface area contributed by atoms with E-state index in [2.05, 4.69) is 65.8 Å². The van der Waals surface area contributed by atoms with Crippen LogP contribution in [-0.2, 0) is 0 Å². The van der Waals surface area contributed by atoms with Gasteiger partial charge >= 0.3 is 0 Å². The summed E-state index contributed by atoms with van der Waals surface area (Å²) in [6, 6.07) is 24.9. The Morgan fingerprint density at radius 3 is 2.24 bits per heavy atom. The standard InChI is InChI=1S/C22H18N2O/c1-16-7-8-18(22-23-13-14-25-22)15-21(16)17-9-11-20(12-10-17)24-19-5-3-2-4-6-19/h2-15,24H,1H3. The number of aryl methyl sites for hydroxylation is 1. The van der Waals surface area contributed by atoms with E-state index < -0.39 is 0 Å². The maximum atomic E-state index is 5.41. The van der Waals surface area contributed by atoms with E-state index in [9.17, 15) is 0 Å². The zero-order valence-corrected chi connectivity index (χ0v) is 13.9. The van der Waals surface area contributed by atoms with E-state index in [1.165, 1.54) is 16.7 Å². The summed E-state index contributed by atoms with van der Waals surface area (Å²) in [6.07, 6.45) is 3.26. The lowest BCUT2D eigenvalue weighted by Crippen LogP contribution is -1.90. The van der Waals surface area contributed by atoms with Crippen molar-refractivity contribution in [1.82, 2.24) is 4.98 Å². The van der Waals surface area contributed by atoms with Crippen LogP contribution in [0.3, 0.4) is 0 Å². The van der Waals surface area contributed by atoms with Crippen LogP contribution in [0.5, 0.6) is 0 Å². The Labute approximate surface area is 147 Å². The van der Waals surface area contributed by atoms with Crippen molar-refractivity contribution in [1.29, 1.82) is 0 Å². The fourth-order valence-electron chi connectivity index (χ4n) is 2.85. The molecule has 0 aliphatic carbocycles. The van der Waals surface area contributed by atoms with Gasteiger partial charge in [0.2, 0.25) is 5.89 Å². The Kier molecular flexibility index (Phi) is 4.05. The molecule has 4 aromatic rings. The fourth-order valence-corrected chi connectivity index (χ4v) is 2.85. The van der Waals surface area contributed by atoms with Crippen LogP contribution in [0, 0.1) is 6.92 Å². The lowest BCUT2D eigenvalue weighted by Gasteiger charge is -2.10. The van der Waals surface area contributed by atoms with Crippen LogP contribution in [0.1, 0.15) is 5.56 Å². The monoisotopic (exact) mass is 326 g/mol. The number of nitrogens with one attached hydrogen (secondary N) is 1. The van der Waals surface area contributed by atoms with E-state index in [0.717, 1.165) is 16.9 Å². The Morgan fingerprint density at radius 2 is 1.52 bits per heavy atom. The number of aromatic nitrogens is 1. The maximum absolute atomic E-state index is 5.41. The smallest absolute Gasteiger partial charge is 0.225 e. The summed E-state index contributed by atoms with van der Waals surface area (Å²) in [5.41, 5.74) is 6.71. The Hall–Kier alpha value is -3.33. The Bertz CT molecular complexity index is 959. The molecule has 0 amide bonds. The van der Waals surface area contributed by atoms with Gasteiger partial charge in [-0.1, -0.05) is 36.4 Å². The molecule has 0 atom stereocenters. The highest BCUT2D eigenvalue weighted by molar-refractivity contribution is 5.74. The van der Waals surface area contributed by atoms with Crippen molar-refractivity contribution in [2.45, 2.75) is 6.92 Å². The van der Waals surface area contributed by atoms with Crippen molar-refractivity contribution in [3.63, 3.8) is 0 Å². The number of oxazole rings is 1. The van der Waals surface area contributed by atoms with Gasteiger partial charge in [0.25, 0.3) is 0 Å². The molecule has 0 fully saturated rings. The molecule has 1 N–H and O–H groups in total. The predicted molar refractivity (Wildman–Crippen MR) is 102 cm³/mol. The summed E-state index contributed by atoms with van der Waals surface area (Å²) in [7, 11) is 0. The molecular weight excluding hydrogens is 308 g/mol. The van der Waals surface area contributed by atoms with Crippen LogP contribution in [0.4, 0.5) is 11.4 Å². The van der Waals surface area contributed by atoms with E-state index in [0.29, 0.717) is 5.89 Å². The van der Waals surface area contributed by atoms with Crippen LogP contribution in [0.15, 0.2) is 89.7 Å². The number of anilines is 2. The van der Waals surface area contributed by atoms with Crippen LogP contribution in [0.2, 0.25) is 0 Å². The van der Waals surface area contributed by atoms with Gasteiger partial charge in [0.15, 0.2) is 0 Å². The summed E-state index contributed by atoms with van der Waals surface area (Å²) < 4.78 is 5.41. The highest BCUT2D eigenvalue weighted by atomic mass is 16.3. The molecule has 1 heterocycles. The van der Waals surface area contributed by atoms with Gasteiger partial charge in [-0.3, -0.25) is 0 Å². The van der Waals surface area contributed by atoms with E-state index in [-0.39, 0.29) is 0 Å². The molecule has 0 bridgehead atoms. The summed E-state index contributed by atoms with van der Waals surface area (Å²) in [4.78, 5) is 4.24. The highest BCUT2D eigenvalue weighted by Gasteiger charge is 2.08. The van der Waals surface area contributed by atoms with Gasteiger partial charge < -0.3 is 9.73 Å². The fraction of sp³-hybridized carbons (Fsp3) is 0.0455. The molecule has 1 aromatic heterocycles. The summed E-state index contributed by atoms with van der Waals surface area (Å²) in [5.74, 6) is 0.642. The third-order valence-corrected chi connectivity index (χ3v) is 4.18. The zero-order chi connectivity index (χ0) is 17.1. The van der Waals surface area contributed by atoms with Crippen molar-refractivity contribution in [2.24, 2.45) is 0 Å². The number of hydrogen-bond donors (Lipinski definition) is 1. The molecule has 4 rings (SSSR count). The molecule has 0 saturated heterocycles. The number of nitrogens with zero attached hydrogens (tertiary/aromatic N) is 1. The van der Waals surface area contributed by atoms with Crippen LogP contribution in [-0.4, -0.2) is 4.98 Å². The van der Waals surface area contributed by atoms with Gasteiger partial charge in [-0.25, -0.2) is 4.98 Å². The van der Waals surface area contributed by atoms with Crippen molar-refractivity contribution < 1.29 is 4.42 Å². The lowest BCUT2D eigenvalue weighted by atomic mass is 9.98. The molecule has 25 heavy (non-hydrogen) atoms. The number of benzene rings is 3. The largest absolute Gasteiger partial charge is 0.445 e. The Balaban J connectivity index is 1.63. The molecule has 0 radical (unpaired) electrons. The van der Waals surface area contributed by atoms with Gasteiger partial charge in [-0.15, -0.1) is 0 Å². The summed E-state index contributed by atoms with van der Waals surface area (Å²) in [6.45, 7) is 2.12. The van der Waals surface area contributed by atoms with Crippen molar-refractivity contribution in [2.75, 3.05) is 5.32 Å². The summed E-state index contributed by atoms with van der Waals surface area (Å²) >= 11 is 0. The molecule has 0 aliphatic heterocycles. The molecule has 122 valence electrons. The maximum Gasteiger partial charge on any atom is 0.225 e. The summed E-state index contributed by atoms with van der Waals surface area (Å²) in [5, 5.41) is 3.41. The molecule has 3 aromatic carbocycles. The minimum absolute atomic E-state index is 0.642. The normalized spacial score (nSPS) is 10.6. The third kappa shape index (κ3) is 3.31. The molecule has 0 spiro atoms. The molecule has 0 aliphatic rings. The first kappa shape index (κ1) is 15.2. The lowest BCUT2D eigenvalue weighted by molar-refractivity contribution is 0.574. The van der Waals surface area contributed by atoms with Gasteiger partial charge in [0.05, 0.1) is 6.20 Å². The first-order chi connectivity index (χ1) is 12.3. The number of hydrogen-bond acceptors (Lipinski definition) is 3. The van der Waals surface area contributed by atoms with Crippen molar-refractivity contribution >= 4 is 11.4 Å². The molecule has 3 heteroatoms. The van der Waals surface area contributed by atoms with Gasteiger partial charge in [0, 0.05) is 16.9 Å². The van der Waals surface area contributed by atoms with Crippen LogP contribution < -0.4 is 5.32 Å². The number of rotatable bonds is 4. The topological polar surface area (TPSA) is 38.1 Å². The molecular formula is C22H18N2O. The van der Waals surface area contributed by atoms with Crippen LogP contribution in [0.25, 0.3) is 22.6 Å². The van der Waals surface area contributed by atoms with Gasteiger partial charge in [0.1, 0.15) is 6.26 Å². The van der Waals surface area contributed by atoms with Gasteiger partial charge in [-0.2, -0.15) is 0 Å². The van der Waals surface area contributed by atoms with E-state index in [1.807, 2.05) is 24.3 Å². The molecule has 0 saturated carbocycles. The SMILES string of the molecule is Cc1ccc(-c2ncco2)cc1-c1ccc(Nc2ccccc2)cc1. The zero-order valence-electron chi connectivity index (χ0n) is 13.9. The average molecular weight is 326 g/mol. The molecule has 0 unspecified atom stereocenters. The second-order valence-corrected chi connectivity index (χ2v) is 5.94. The Morgan fingerprint density at radius 1 is 0.800 bits per heavy atom. The minimum Gasteiger partial charge on any atom is -0.445 e. The van der Waals surface area contributed by atoms with E-state index in [4.69, 9.17) is 4.42 Å². The van der Waals surface area contributed by atoms with Crippen LogP contribution >= 0.6 is 0 Å².